The Morgan fingerprint density at radius 2 is 1.82 bits per heavy atom. The number of ether oxygens (including phenoxy) is 1. The van der Waals surface area contributed by atoms with Crippen molar-refractivity contribution >= 4 is 23.5 Å². The van der Waals surface area contributed by atoms with Crippen LogP contribution in [0.5, 0.6) is 0 Å². The molecule has 2 heterocycles. The van der Waals surface area contributed by atoms with Crippen LogP contribution in [0.1, 0.15) is 28.5 Å². The second-order valence-electron chi connectivity index (χ2n) is 6.64. The van der Waals surface area contributed by atoms with Crippen LogP contribution < -0.4 is 5.32 Å². The fourth-order valence-corrected chi connectivity index (χ4v) is 3.04. The standard InChI is InChI=1S/C20H25N5O3/c1-4-28-20(27)25-10-8-24(9-11-25)19(26)17-12-18(22-13-21-17)23-16-7-5-6-14(2)15(16)3/h5-7,12-13H,4,8-11H2,1-3H3,(H,21,22,23). The van der Waals surface area contributed by atoms with Gasteiger partial charge in [-0.3, -0.25) is 4.79 Å². The molecule has 2 aromatic rings. The number of rotatable bonds is 4. The molecule has 1 fully saturated rings. The largest absolute Gasteiger partial charge is 0.450 e. The SMILES string of the molecule is CCOC(=O)N1CCN(C(=O)c2cc(Nc3cccc(C)c3C)ncn2)CC1. The second kappa shape index (κ2) is 8.69. The summed E-state index contributed by atoms with van der Waals surface area (Å²) in [6, 6.07) is 7.65. The van der Waals surface area contributed by atoms with E-state index >= 15 is 0 Å². The van der Waals surface area contributed by atoms with Crippen molar-refractivity contribution in [3.63, 3.8) is 0 Å². The normalized spacial score (nSPS) is 14.0. The number of benzene rings is 1. The van der Waals surface area contributed by atoms with Crippen LogP contribution in [-0.4, -0.2) is 64.6 Å². The summed E-state index contributed by atoms with van der Waals surface area (Å²) in [5, 5.41) is 3.26. The van der Waals surface area contributed by atoms with Gasteiger partial charge < -0.3 is 19.9 Å². The van der Waals surface area contributed by atoms with E-state index in [9.17, 15) is 9.59 Å². The lowest BCUT2D eigenvalue weighted by Crippen LogP contribution is -2.50. The van der Waals surface area contributed by atoms with Crippen molar-refractivity contribution < 1.29 is 14.3 Å². The molecule has 1 N–H and O–H groups in total. The number of carbonyl (C=O) groups excluding carboxylic acids is 2. The lowest BCUT2D eigenvalue weighted by Gasteiger charge is -2.33. The Labute approximate surface area is 164 Å². The van der Waals surface area contributed by atoms with Gasteiger partial charge in [0.05, 0.1) is 6.61 Å². The first-order chi connectivity index (χ1) is 13.5. The number of hydrogen-bond acceptors (Lipinski definition) is 6. The lowest BCUT2D eigenvalue weighted by molar-refractivity contribution is 0.0566. The van der Waals surface area contributed by atoms with Crippen LogP contribution in [0.2, 0.25) is 0 Å². The molecule has 8 nitrogen and oxygen atoms in total. The molecular weight excluding hydrogens is 358 g/mol. The Balaban J connectivity index is 1.66. The van der Waals surface area contributed by atoms with E-state index in [1.54, 1.807) is 22.8 Å². The second-order valence-corrected chi connectivity index (χ2v) is 6.64. The fraction of sp³-hybridized carbons (Fsp3) is 0.400. The van der Waals surface area contributed by atoms with Crippen molar-refractivity contribution in [2.45, 2.75) is 20.8 Å². The number of nitrogens with zero attached hydrogens (tertiary/aromatic N) is 4. The maximum absolute atomic E-state index is 12.8. The Kier molecular flexibility index (Phi) is 6.08. The quantitative estimate of drug-likeness (QED) is 0.873. The molecule has 28 heavy (non-hydrogen) atoms. The Hall–Kier alpha value is -3.16. The van der Waals surface area contributed by atoms with Crippen LogP contribution >= 0.6 is 0 Å². The van der Waals surface area contributed by atoms with Gasteiger partial charge >= 0.3 is 6.09 Å². The number of aryl methyl sites for hydroxylation is 1. The molecule has 0 atom stereocenters. The van der Waals surface area contributed by atoms with Gasteiger partial charge in [-0.15, -0.1) is 0 Å². The number of amides is 2. The third-order valence-electron chi connectivity index (χ3n) is 4.85. The van der Waals surface area contributed by atoms with Crippen LogP contribution in [0, 0.1) is 13.8 Å². The number of anilines is 2. The summed E-state index contributed by atoms with van der Waals surface area (Å²) in [7, 11) is 0. The molecule has 1 aliphatic heterocycles. The van der Waals surface area contributed by atoms with Gasteiger partial charge in [-0.05, 0) is 38.0 Å². The van der Waals surface area contributed by atoms with E-state index in [-0.39, 0.29) is 12.0 Å². The predicted molar refractivity (Wildman–Crippen MR) is 106 cm³/mol. The van der Waals surface area contributed by atoms with Crippen molar-refractivity contribution in [1.82, 2.24) is 19.8 Å². The number of aromatic nitrogens is 2. The molecule has 8 heteroatoms. The summed E-state index contributed by atoms with van der Waals surface area (Å²) < 4.78 is 5.01. The summed E-state index contributed by atoms with van der Waals surface area (Å²) in [4.78, 5) is 36.3. The van der Waals surface area contributed by atoms with Gasteiger partial charge in [0, 0.05) is 37.9 Å². The molecule has 0 aliphatic carbocycles. The zero-order valence-corrected chi connectivity index (χ0v) is 16.4. The number of piperazine rings is 1. The molecule has 148 valence electrons. The Morgan fingerprint density at radius 3 is 2.54 bits per heavy atom. The van der Waals surface area contributed by atoms with E-state index in [2.05, 4.69) is 15.3 Å². The summed E-state index contributed by atoms with van der Waals surface area (Å²) in [6.45, 7) is 7.99. The van der Waals surface area contributed by atoms with Crippen LogP contribution in [0.4, 0.5) is 16.3 Å². The van der Waals surface area contributed by atoms with Gasteiger partial charge in [0.2, 0.25) is 0 Å². The predicted octanol–water partition coefficient (Wildman–Crippen LogP) is 2.75. The molecule has 0 saturated carbocycles. The van der Waals surface area contributed by atoms with E-state index in [4.69, 9.17) is 4.74 Å². The van der Waals surface area contributed by atoms with Crippen LogP contribution in [0.15, 0.2) is 30.6 Å². The van der Waals surface area contributed by atoms with Crippen LogP contribution in [-0.2, 0) is 4.74 Å². The fourth-order valence-electron chi connectivity index (χ4n) is 3.04. The summed E-state index contributed by atoms with van der Waals surface area (Å²) in [5.74, 6) is 0.395. The van der Waals surface area contributed by atoms with Crippen molar-refractivity contribution in [2.24, 2.45) is 0 Å². The van der Waals surface area contributed by atoms with E-state index in [1.807, 2.05) is 32.0 Å². The molecule has 3 rings (SSSR count). The van der Waals surface area contributed by atoms with Crippen LogP contribution in [0.3, 0.4) is 0 Å². The highest BCUT2D eigenvalue weighted by Gasteiger charge is 2.26. The molecule has 1 saturated heterocycles. The van der Waals surface area contributed by atoms with E-state index < -0.39 is 0 Å². The first-order valence-corrected chi connectivity index (χ1v) is 9.36. The van der Waals surface area contributed by atoms with E-state index in [0.29, 0.717) is 44.3 Å². The first kappa shape index (κ1) is 19.6. The molecule has 0 spiro atoms. The number of hydrogen-bond donors (Lipinski definition) is 1. The molecule has 1 aromatic carbocycles. The average molecular weight is 383 g/mol. The first-order valence-electron chi connectivity index (χ1n) is 9.36. The topological polar surface area (TPSA) is 87.7 Å². The minimum absolute atomic E-state index is 0.171. The number of nitrogens with one attached hydrogen (secondary N) is 1. The highest BCUT2D eigenvalue weighted by Crippen LogP contribution is 2.22. The van der Waals surface area contributed by atoms with E-state index in [0.717, 1.165) is 11.3 Å². The van der Waals surface area contributed by atoms with Gasteiger partial charge in [-0.1, -0.05) is 12.1 Å². The summed E-state index contributed by atoms with van der Waals surface area (Å²) in [6.07, 6.45) is 1.05. The minimum atomic E-state index is -0.336. The highest BCUT2D eigenvalue weighted by molar-refractivity contribution is 5.93. The molecule has 0 unspecified atom stereocenters. The molecule has 0 radical (unpaired) electrons. The van der Waals surface area contributed by atoms with Crippen molar-refractivity contribution in [3.8, 4) is 0 Å². The lowest BCUT2D eigenvalue weighted by atomic mass is 10.1. The minimum Gasteiger partial charge on any atom is -0.450 e. The monoisotopic (exact) mass is 383 g/mol. The maximum atomic E-state index is 12.8. The van der Waals surface area contributed by atoms with Crippen LogP contribution in [0.25, 0.3) is 0 Å². The van der Waals surface area contributed by atoms with Gasteiger partial charge in [-0.2, -0.15) is 0 Å². The highest BCUT2D eigenvalue weighted by atomic mass is 16.6. The van der Waals surface area contributed by atoms with Crippen molar-refractivity contribution in [2.75, 3.05) is 38.1 Å². The third kappa shape index (κ3) is 4.39. The van der Waals surface area contributed by atoms with Gasteiger partial charge in [0.15, 0.2) is 0 Å². The average Bonchev–Trinajstić information content (AvgIpc) is 2.71. The Bertz CT molecular complexity index is 863. The van der Waals surface area contributed by atoms with E-state index in [1.165, 1.54) is 11.9 Å². The molecular formula is C20H25N5O3. The third-order valence-corrected chi connectivity index (χ3v) is 4.85. The smallest absolute Gasteiger partial charge is 0.409 e. The summed E-state index contributed by atoms with van der Waals surface area (Å²) >= 11 is 0. The van der Waals surface area contributed by atoms with Gasteiger partial charge in [-0.25, -0.2) is 14.8 Å². The zero-order valence-electron chi connectivity index (χ0n) is 16.4. The Morgan fingerprint density at radius 1 is 1.11 bits per heavy atom. The van der Waals surface area contributed by atoms with Gasteiger partial charge in [0.1, 0.15) is 17.8 Å². The van der Waals surface area contributed by atoms with Crippen molar-refractivity contribution in [1.29, 1.82) is 0 Å². The van der Waals surface area contributed by atoms with Gasteiger partial charge in [0.25, 0.3) is 5.91 Å². The number of carbonyl (C=O) groups is 2. The molecule has 1 aromatic heterocycles. The zero-order chi connectivity index (χ0) is 20.1. The molecule has 2 amide bonds. The molecule has 1 aliphatic rings. The van der Waals surface area contributed by atoms with Crippen molar-refractivity contribution in [3.05, 3.63) is 47.4 Å². The maximum Gasteiger partial charge on any atom is 0.409 e. The molecule has 0 bridgehead atoms. The summed E-state index contributed by atoms with van der Waals surface area (Å²) in [5.41, 5.74) is 3.58.